The van der Waals surface area contributed by atoms with Crippen molar-refractivity contribution >= 4 is 11.6 Å². The third-order valence-electron chi connectivity index (χ3n) is 5.54. The van der Waals surface area contributed by atoms with Crippen molar-refractivity contribution in [2.75, 3.05) is 19.8 Å². The summed E-state index contributed by atoms with van der Waals surface area (Å²) < 4.78 is 23.0. The maximum Gasteiger partial charge on any atom is 0.173 e. The van der Waals surface area contributed by atoms with Gasteiger partial charge in [-0.25, -0.2) is 0 Å². The van der Waals surface area contributed by atoms with Gasteiger partial charge in [0, 0.05) is 23.4 Å². The van der Waals surface area contributed by atoms with E-state index in [1.165, 1.54) is 6.08 Å². The maximum absolute atomic E-state index is 10.5. The lowest BCUT2D eigenvalue weighted by molar-refractivity contribution is -0.154. The molecule has 3 rings (SSSR count). The van der Waals surface area contributed by atoms with Crippen LogP contribution in [0.3, 0.4) is 0 Å². The summed E-state index contributed by atoms with van der Waals surface area (Å²) in [6.07, 6.45) is 1.93. The van der Waals surface area contributed by atoms with Gasteiger partial charge in [0.15, 0.2) is 6.29 Å². The summed E-state index contributed by atoms with van der Waals surface area (Å²) in [6.45, 7) is 10.2. The standard InChI is InChI=1S/C27H33ClO6/c1-4-11-32-25-16-24(28)19(12-18-7-9-21(10-8-18)31-6-3)13-23(25)26-15-20(29)14-22(34-26)17-33-27(30)5-2/h4-5,7-10,13,16,20,22,26-27,29-30H,1-2,6,11-12,14-15,17H2,3H3. The van der Waals surface area contributed by atoms with Crippen LogP contribution in [-0.2, 0) is 15.9 Å². The summed E-state index contributed by atoms with van der Waals surface area (Å²) in [4.78, 5) is 0. The lowest BCUT2D eigenvalue weighted by atomic mass is 9.93. The highest BCUT2D eigenvalue weighted by Gasteiger charge is 2.32. The second-order valence-corrected chi connectivity index (χ2v) is 8.57. The molecule has 4 unspecified atom stereocenters. The molecule has 0 aliphatic carbocycles. The van der Waals surface area contributed by atoms with Gasteiger partial charge in [0.2, 0.25) is 0 Å². The van der Waals surface area contributed by atoms with Gasteiger partial charge in [-0.3, -0.25) is 0 Å². The Labute approximate surface area is 206 Å². The zero-order valence-electron chi connectivity index (χ0n) is 19.5. The number of rotatable bonds is 12. The zero-order chi connectivity index (χ0) is 24.5. The second kappa shape index (κ2) is 12.9. The quantitative estimate of drug-likeness (QED) is 0.323. The minimum Gasteiger partial charge on any atom is -0.494 e. The predicted molar refractivity (Wildman–Crippen MR) is 133 cm³/mol. The highest BCUT2D eigenvalue weighted by molar-refractivity contribution is 6.31. The van der Waals surface area contributed by atoms with Gasteiger partial charge in [-0.1, -0.05) is 43.0 Å². The van der Waals surface area contributed by atoms with E-state index in [0.29, 0.717) is 43.2 Å². The molecular weight excluding hydrogens is 456 g/mol. The van der Waals surface area contributed by atoms with Crippen molar-refractivity contribution in [3.8, 4) is 11.5 Å². The van der Waals surface area contributed by atoms with Crippen LogP contribution in [0.25, 0.3) is 0 Å². The molecule has 0 radical (unpaired) electrons. The Morgan fingerprint density at radius 2 is 1.94 bits per heavy atom. The fourth-order valence-electron chi connectivity index (χ4n) is 3.94. The van der Waals surface area contributed by atoms with Crippen molar-refractivity contribution in [2.24, 2.45) is 0 Å². The molecule has 0 spiro atoms. The van der Waals surface area contributed by atoms with Crippen LogP contribution < -0.4 is 9.47 Å². The normalized spacial score (nSPS) is 21.0. The van der Waals surface area contributed by atoms with Crippen molar-refractivity contribution in [2.45, 2.75) is 50.8 Å². The van der Waals surface area contributed by atoms with Gasteiger partial charge in [0.1, 0.15) is 18.1 Å². The summed E-state index contributed by atoms with van der Waals surface area (Å²) in [7, 11) is 0. The van der Waals surface area contributed by atoms with E-state index < -0.39 is 18.5 Å². The first-order valence-corrected chi connectivity index (χ1v) is 11.8. The van der Waals surface area contributed by atoms with E-state index >= 15 is 0 Å². The van der Waals surface area contributed by atoms with E-state index in [-0.39, 0.29) is 12.7 Å². The first-order valence-electron chi connectivity index (χ1n) is 11.5. The average molecular weight is 489 g/mol. The minimum atomic E-state index is -1.08. The molecule has 1 aliphatic rings. The van der Waals surface area contributed by atoms with Gasteiger partial charge in [0.05, 0.1) is 31.5 Å². The molecule has 1 fully saturated rings. The molecule has 0 amide bonds. The van der Waals surface area contributed by atoms with Crippen LogP contribution in [0.4, 0.5) is 0 Å². The second-order valence-electron chi connectivity index (χ2n) is 8.17. The Morgan fingerprint density at radius 1 is 1.18 bits per heavy atom. The predicted octanol–water partition coefficient (Wildman–Crippen LogP) is 5.00. The summed E-state index contributed by atoms with van der Waals surface area (Å²) >= 11 is 6.63. The van der Waals surface area contributed by atoms with E-state index in [9.17, 15) is 10.2 Å². The van der Waals surface area contributed by atoms with Crippen LogP contribution >= 0.6 is 11.6 Å². The third-order valence-corrected chi connectivity index (χ3v) is 5.90. The van der Waals surface area contributed by atoms with E-state index in [1.54, 1.807) is 12.1 Å². The molecule has 0 saturated carbocycles. The van der Waals surface area contributed by atoms with Crippen LogP contribution in [0, 0.1) is 0 Å². The minimum absolute atomic E-state index is 0.135. The average Bonchev–Trinajstić information content (AvgIpc) is 2.83. The molecule has 1 heterocycles. The van der Waals surface area contributed by atoms with Gasteiger partial charge in [-0.15, -0.1) is 0 Å². The molecule has 34 heavy (non-hydrogen) atoms. The molecule has 6 nitrogen and oxygen atoms in total. The molecule has 184 valence electrons. The fourth-order valence-corrected chi connectivity index (χ4v) is 4.16. The molecule has 4 atom stereocenters. The maximum atomic E-state index is 10.5. The lowest BCUT2D eigenvalue weighted by Crippen LogP contribution is -2.35. The molecule has 0 bridgehead atoms. The molecule has 1 saturated heterocycles. The van der Waals surface area contributed by atoms with Gasteiger partial charge in [-0.2, -0.15) is 0 Å². The molecule has 0 aromatic heterocycles. The molecule has 2 N–H and O–H groups in total. The van der Waals surface area contributed by atoms with Crippen LogP contribution in [-0.4, -0.2) is 48.5 Å². The van der Waals surface area contributed by atoms with Gasteiger partial charge < -0.3 is 29.2 Å². The molecular formula is C27H33ClO6. The van der Waals surface area contributed by atoms with Gasteiger partial charge >= 0.3 is 0 Å². The number of aliphatic hydroxyl groups is 2. The summed E-state index contributed by atoms with van der Waals surface area (Å²) in [5.41, 5.74) is 2.82. The van der Waals surface area contributed by atoms with E-state index in [1.807, 2.05) is 37.3 Å². The highest BCUT2D eigenvalue weighted by Crippen LogP contribution is 2.40. The van der Waals surface area contributed by atoms with Crippen LogP contribution in [0.15, 0.2) is 61.7 Å². The lowest BCUT2D eigenvalue weighted by Gasteiger charge is -2.34. The number of ether oxygens (including phenoxy) is 4. The Morgan fingerprint density at radius 3 is 2.62 bits per heavy atom. The smallest absolute Gasteiger partial charge is 0.173 e. The monoisotopic (exact) mass is 488 g/mol. The highest BCUT2D eigenvalue weighted by atomic mass is 35.5. The SMILES string of the molecule is C=CCOc1cc(Cl)c(Cc2ccc(OCC)cc2)cc1C1CC(O)CC(COC(O)C=C)O1. The number of aliphatic hydroxyl groups excluding tert-OH is 2. The largest absolute Gasteiger partial charge is 0.494 e. The van der Waals surface area contributed by atoms with Crippen LogP contribution in [0.1, 0.15) is 42.6 Å². The Bertz CT molecular complexity index is 945. The van der Waals surface area contributed by atoms with Crippen LogP contribution in [0.5, 0.6) is 11.5 Å². The Hall–Kier alpha value is -2.35. The van der Waals surface area contributed by atoms with E-state index in [2.05, 4.69) is 13.2 Å². The molecule has 1 aliphatic heterocycles. The Balaban J connectivity index is 1.85. The Kier molecular flexibility index (Phi) is 9.99. The number of hydrogen-bond donors (Lipinski definition) is 2. The zero-order valence-corrected chi connectivity index (χ0v) is 20.2. The molecule has 2 aromatic rings. The number of hydrogen-bond acceptors (Lipinski definition) is 6. The summed E-state index contributed by atoms with van der Waals surface area (Å²) in [5, 5.41) is 20.7. The van der Waals surface area contributed by atoms with E-state index in [0.717, 1.165) is 22.4 Å². The third kappa shape index (κ3) is 7.32. The van der Waals surface area contributed by atoms with Crippen molar-refractivity contribution in [1.82, 2.24) is 0 Å². The van der Waals surface area contributed by atoms with Crippen molar-refractivity contribution in [1.29, 1.82) is 0 Å². The van der Waals surface area contributed by atoms with Crippen molar-refractivity contribution < 1.29 is 29.2 Å². The fraction of sp³-hybridized carbons (Fsp3) is 0.407. The van der Waals surface area contributed by atoms with E-state index in [4.69, 9.17) is 30.5 Å². The van der Waals surface area contributed by atoms with Crippen molar-refractivity contribution in [3.63, 3.8) is 0 Å². The van der Waals surface area contributed by atoms with Gasteiger partial charge in [-0.05, 0) is 54.8 Å². The van der Waals surface area contributed by atoms with Gasteiger partial charge in [0.25, 0.3) is 0 Å². The number of halogens is 1. The first kappa shape index (κ1) is 26.3. The number of benzene rings is 2. The summed E-state index contributed by atoms with van der Waals surface area (Å²) in [5.74, 6) is 1.41. The van der Waals surface area contributed by atoms with Crippen LogP contribution in [0.2, 0.25) is 5.02 Å². The summed E-state index contributed by atoms with van der Waals surface area (Å²) in [6, 6.07) is 11.7. The molecule has 7 heteroatoms. The first-order chi connectivity index (χ1) is 16.4. The molecule has 2 aromatic carbocycles. The van der Waals surface area contributed by atoms with Crippen molar-refractivity contribution in [3.05, 3.63) is 83.4 Å². The topological polar surface area (TPSA) is 77.4 Å².